The standard InChI is InChI=1S/C17H18ClNO2S/c1-12(11-22-14-6-4-3-5-7-14)17(20)19-15-10-13(18)8-9-16(15)21-2/h3-10,12H,11H2,1-2H3,(H,19,20). The van der Waals surface area contributed by atoms with E-state index in [4.69, 9.17) is 16.3 Å². The van der Waals surface area contributed by atoms with Crippen LogP contribution in [0.5, 0.6) is 5.75 Å². The van der Waals surface area contributed by atoms with Crippen molar-refractivity contribution in [1.29, 1.82) is 0 Å². The summed E-state index contributed by atoms with van der Waals surface area (Å²) in [4.78, 5) is 13.4. The molecule has 0 radical (unpaired) electrons. The quantitative estimate of drug-likeness (QED) is 0.776. The van der Waals surface area contributed by atoms with Gasteiger partial charge in [-0.15, -0.1) is 11.8 Å². The minimum Gasteiger partial charge on any atom is -0.495 e. The number of anilines is 1. The molecule has 2 rings (SSSR count). The fraction of sp³-hybridized carbons (Fsp3) is 0.235. The molecular weight excluding hydrogens is 318 g/mol. The number of methoxy groups -OCH3 is 1. The fourth-order valence-corrected chi connectivity index (χ4v) is 2.96. The molecule has 1 N–H and O–H groups in total. The van der Waals surface area contributed by atoms with Crippen molar-refractivity contribution in [3.63, 3.8) is 0 Å². The van der Waals surface area contributed by atoms with E-state index < -0.39 is 0 Å². The van der Waals surface area contributed by atoms with Crippen LogP contribution < -0.4 is 10.1 Å². The lowest BCUT2D eigenvalue weighted by Crippen LogP contribution is -2.22. The second-order valence-electron chi connectivity index (χ2n) is 4.86. The molecule has 3 nitrogen and oxygen atoms in total. The van der Waals surface area contributed by atoms with Crippen molar-refractivity contribution >= 4 is 35.0 Å². The Morgan fingerprint density at radius 1 is 1.27 bits per heavy atom. The monoisotopic (exact) mass is 335 g/mol. The summed E-state index contributed by atoms with van der Waals surface area (Å²) in [6.07, 6.45) is 0. The van der Waals surface area contributed by atoms with Gasteiger partial charge in [0.2, 0.25) is 5.91 Å². The zero-order valence-corrected chi connectivity index (χ0v) is 14.1. The number of hydrogen-bond acceptors (Lipinski definition) is 3. The summed E-state index contributed by atoms with van der Waals surface area (Å²) < 4.78 is 5.23. The lowest BCUT2D eigenvalue weighted by Gasteiger charge is -2.14. The van der Waals surface area contributed by atoms with E-state index in [1.165, 1.54) is 0 Å². The molecule has 0 fully saturated rings. The highest BCUT2D eigenvalue weighted by molar-refractivity contribution is 7.99. The fourth-order valence-electron chi connectivity index (χ4n) is 1.85. The second-order valence-corrected chi connectivity index (χ2v) is 6.39. The van der Waals surface area contributed by atoms with E-state index >= 15 is 0 Å². The predicted octanol–water partition coefficient (Wildman–Crippen LogP) is 4.72. The first-order chi connectivity index (χ1) is 10.6. The van der Waals surface area contributed by atoms with Gasteiger partial charge in [0.25, 0.3) is 0 Å². The van der Waals surface area contributed by atoms with Gasteiger partial charge in [0, 0.05) is 21.6 Å². The van der Waals surface area contributed by atoms with Crippen LogP contribution in [0.3, 0.4) is 0 Å². The second kappa shape index (κ2) is 8.11. The first-order valence-electron chi connectivity index (χ1n) is 6.92. The Balaban J connectivity index is 1.95. The Morgan fingerprint density at radius 2 is 2.00 bits per heavy atom. The Labute approximate surface area is 140 Å². The zero-order valence-electron chi connectivity index (χ0n) is 12.5. The van der Waals surface area contributed by atoms with Gasteiger partial charge in [-0.3, -0.25) is 4.79 Å². The SMILES string of the molecule is COc1ccc(Cl)cc1NC(=O)C(C)CSc1ccccc1. The highest BCUT2D eigenvalue weighted by Crippen LogP contribution is 2.28. The van der Waals surface area contributed by atoms with E-state index in [9.17, 15) is 4.79 Å². The molecule has 0 aliphatic heterocycles. The molecule has 0 aliphatic rings. The Morgan fingerprint density at radius 3 is 2.68 bits per heavy atom. The number of thioether (sulfide) groups is 1. The number of halogens is 1. The van der Waals surface area contributed by atoms with Crippen LogP contribution in [0.25, 0.3) is 0 Å². The number of benzene rings is 2. The van der Waals surface area contributed by atoms with E-state index in [1.54, 1.807) is 37.1 Å². The summed E-state index contributed by atoms with van der Waals surface area (Å²) >= 11 is 7.63. The average Bonchev–Trinajstić information content (AvgIpc) is 2.53. The number of nitrogens with one attached hydrogen (secondary N) is 1. The summed E-state index contributed by atoms with van der Waals surface area (Å²) in [5, 5.41) is 3.43. The summed E-state index contributed by atoms with van der Waals surface area (Å²) in [6.45, 7) is 1.91. The minimum absolute atomic E-state index is 0.0519. The molecule has 1 unspecified atom stereocenters. The van der Waals surface area contributed by atoms with Crippen LogP contribution in [-0.4, -0.2) is 18.8 Å². The Kier molecular flexibility index (Phi) is 6.16. The van der Waals surface area contributed by atoms with Gasteiger partial charge in [0.1, 0.15) is 5.75 Å². The number of ether oxygens (including phenoxy) is 1. The van der Waals surface area contributed by atoms with Crippen molar-refractivity contribution < 1.29 is 9.53 Å². The zero-order chi connectivity index (χ0) is 15.9. The summed E-state index contributed by atoms with van der Waals surface area (Å²) in [5.74, 6) is 1.12. The van der Waals surface area contributed by atoms with Crippen LogP contribution in [0.1, 0.15) is 6.92 Å². The molecule has 0 aliphatic carbocycles. The van der Waals surface area contributed by atoms with Crippen molar-refractivity contribution in [2.24, 2.45) is 5.92 Å². The van der Waals surface area contributed by atoms with Gasteiger partial charge in [0.05, 0.1) is 12.8 Å². The first-order valence-corrected chi connectivity index (χ1v) is 8.28. The van der Waals surface area contributed by atoms with E-state index in [2.05, 4.69) is 5.32 Å². The van der Waals surface area contributed by atoms with E-state index in [1.807, 2.05) is 37.3 Å². The highest BCUT2D eigenvalue weighted by atomic mass is 35.5. The molecule has 2 aromatic carbocycles. The van der Waals surface area contributed by atoms with Gasteiger partial charge >= 0.3 is 0 Å². The maximum absolute atomic E-state index is 12.3. The van der Waals surface area contributed by atoms with Gasteiger partial charge in [-0.2, -0.15) is 0 Å². The summed E-state index contributed by atoms with van der Waals surface area (Å²) in [7, 11) is 1.56. The third-order valence-corrected chi connectivity index (χ3v) is 4.62. The van der Waals surface area contributed by atoms with E-state index in [0.29, 0.717) is 22.2 Å². The highest BCUT2D eigenvalue weighted by Gasteiger charge is 2.15. The lowest BCUT2D eigenvalue weighted by molar-refractivity contribution is -0.118. The predicted molar refractivity (Wildman–Crippen MR) is 93.0 cm³/mol. The molecule has 0 spiro atoms. The molecule has 0 heterocycles. The summed E-state index contributed by atoms with van der Waals surface area (Å²) in [5.41, 5.74) is 0.594. The van der Waals surface area contributed by atoms with Crippen molar-refractivity contribution in [2.75, 3.05) is 18.2 Å². The number of amides is 1. The van der Waals surface area contributed by atoms with Crippen LogP contribution in [0, 0.1) is 5.92 Å². The number of carbonyl (C=O) groups excluding carboxylic acids is 1. The van der Waals surface area contributed by atoms with Gasteiger partial charge in [-0.1, -0.05) is 36.7 Å². The molecule has 2 aromatic rings. The minimum atomic E-state index is -0.131. The van der Waals surface area contributed by atoms with E-state index in [-0.39, 0.29) is 11.8 Å². The smallest absolute Gasteiger partial charge is 0.228 e. The normalized spacial score (nSPS) is 11.8. The van der Waals surface area contributed by atoms with Crippen LogP contribution in [0.2, 0.25) is 5.02 Å². The Bertz CT molecular complexity index is 634. The molecule has 0 saturated heterocycles. The van der Waals surface area contributed by atoms with Gasteiger partial charge < -0.3 is 10.1 Å². The van der Waals surface area contributed by atoms with Crippen LogP contribution in [0.15, 0.2) is 53.4 Å². The molecule has 0 saturated carbocycles. The van der Waals surface area contributed by atoms with Crippen LogP contribution in [-0.2, 0) is 4.79 Å². The average molecular weight is 336 g/mol. The van der Waals surface area contributed by atoms with Gasteiger partial charge in [-0.05, 0) is 30.3 Å². The molecule has 5 heteroatoms. The van der Waals surface area contributed by atoms with Gasteiger partial charge in [-0.25, -0.2) is 0 Å². The molecule has 22 heavy (non-hydrogen) atoms. The molecule has 1 atom stereocenters. The maximum Gasteiger partial charge on any atom is 0.228 e. The summed E-state index contributed by atoms with van der Waals surface area (Å²) in [6, 6.07) is 15.2. The Hall–Kier alpha value is -1.65. The van der Waals surface area contributed by atoms with E-state index in [0.717, 1.165) is 4.90 Å². The topological polar surface area (TPSA) is 38.3 Å². The number of carbonyl (C=O) groups is 1. The third kappa shape index (κ3) is 4.68. The maximum atomic E-state index is 12.3. The van der Waals surface area contributed by atoms with Crippen LogP contribution >= 0.6 is 23.4 Å². The molecule has 0 aromatic heterocycles. The number of rotatable bonds is 6. The number of hydrogen-bond donors (Lipinski definition) is 1. The molecular formula is C17H18ClNO2S. The third-order valence-electron chi connectivity index (χ3n) is 3.11. The van der Waals surface area contributed by atoms with Gasteiger partial charge in [0.15, 0.2) is 0 Å². The van der Waals surface area contributed by atoms with Crippen molar-refractivity contribution in [3.8, 4) is 5.75 Å². The van der Waals surface area contributed by atoms with Crippen molar-refractivity contribution in [1.82, 2.24) is 0 Å². The van der Waals surface area contributed by atoms with Crippen molar-refractivity contribution in [3.05, 3.63) is 53.6 Å². The first kappa shape index (κ1) is 16.7. The molecule has 116 valence electrons. The van der Waals surface area contributed by atoms with Crippen molar-refractivity contribution in [2.45, 2.75) is 11.8 Å². The van der Waals surface area contributed by atoms with Crippen LogP contribution in [0.4, 0.5) is 5.69 Å². The largest absolute Gasteiger partial charge is 0.495 e. The molecule has 0 bridgehead atoms. The lowest BCUT2D eigenvalue weighted by atomic mass is 10.2. The molecule has 1 amide bonds.